The summed E-state index contributed by atoms with van der Waals surface area (Å²) in [5.41, 5.74) is 2.45. The zero-order valence-electron chi connectivity index (χ0n) is 14.0. The number of aryl methyl sites for hydroxylation is 1. The number of hydrogen-bond donors (Lipinski definition) is 1. The third-order valence-corrected chi connectivity index (χ3v) is 4.56. The maximum Gasteiger partial charge on any atom is 0.192 e. The Morgan fingerprint density at radius 3 is 2.68 bits per heavy atom. The first-order chi connectivity index (χ1) is 11.8. The van der Waals surface area contributed by atoms with Gasteiger partial charge in [-0.3, -0.25) is 4.79 Å². The Bertz CT molecular complexity index is 854. The normalized spacial score (nSPS) is 11.3. The van der Waals surface area contributed by atoms with E-state index in [9.17, 15) is 9.90 Å². The lowest BCUT2D eigenvalue weighted by Gasteiger charge is -2.12. The average Bonchev–Trinajstić information content (AvgIpc) is 2.55. The molecule has 3 nitrogen and oxygen atoms in total. The van der Waals surface area contributed by atoms with Crippen LogP contribution in [0.2, 0.25) is 0 Å². The summed E-state index contributed by atoms with van der Waals surface area (Å²) in [4.78, 5) is 12.7. The van der Waals surface area contributed by atoms with E-state index in [1.807, 2.05) is 19.1 Å². The molecule has 0 fully saturated rings. The molecule has 0 bridgehead atoms. The van der Waals surface area contributed by atoms with Crippen LogP contribution >= 0.6 is 31.9 Å². The Hall–Kier alpha value is -1.85. The molecule has 0 saturated heterocycles. The molecule has 0 aliphatic rings. The number of ketones is 1. The minimum atomic E-state index is -0.230. The molecule has 2 aromatic rings. The molecule has 0 atom stereocenters. The molecule has 2 aromatic carbocycles. The topological polar surface area (TPSA) is 46.5 Å². The predicted molar refractivity (Wildman–Crippen MR) is 108 cm³/mol. The maximum absolute atomic E-state index is 12.7. The van der Waals surface area contributed by atoms with Crippen LogP contribution in [-0.2, 0) is 0 Å². The molecule has 0 spiro atoms. The summed E-state index contributed by atoms with van der Waals surface area (Å²) < 4.78 is 7.34. The van der Waals surface area contributed by atoms with Crippen LogP contribution in [0.25, 0.3) is 6.08 Å². The molecule has 2 rings (SSSR count). The summed E-state index contributed by atoms with van der Waals surface area (Å²) in [5.74, 6) is 0.373. The molecule has 0 heterocycles. The summed E-state index contributed by atoms with van der Waals surface area (Å²) in [6.45, 7) is 7.60. The van der Waals surface area contributed by atoms with E-state index in [1.54, 1.807) is 31.2 Å². The highest BCUT2D eigenvalue weighted by Gasteiger charge is 2.15. The number of phenols is 1. The van der Waals surface area contributed by atoms with E-state index in [-0.39, 0.29) is 17.1 Å². The number of benzene rings is 2. The first-order valence-electron chi connectivity index (χ1n) is 7.59. The van der Waals surface area contributed by atoms with Crippen LogP contribution in [0.4, 0.5) is 0 Å². The SMILES string of the molecule is C=CCOc1c(Br)cc(Br)cc1/C=C(\C)C(=O)c1cc(C)ccc1O. The van der Waals surface area contributed by atoms with Crippen LogP contribution in [-0.4, -0.2) is 17.5 Å². The number of halogens is 2. The van der Waals surface area contributed by atoms with E-state index in [2.05, 4.69) is 38.4 Å². The Balaban J connectivity index is 2.46. The summed E-state index contributed by atoms with van der Waals surface area (Å²) >= 11 is 6.93. The van der Waals surface area contributed by atoms with Crippen LogP contribution in [0.15, 0.2) is 57.5 Å². The largest absolute Gasteiger partial charge is 0.507 e. The number of ether oxygens (including phenoxy) is 1. The van der Waals surface area contributed by atoms with Crippen molar-refractivity contribution in [2.24, 2.45) is 0 Å². The highest BCUT2D eigenvalue weighted by atomic mass is 79.9. The van der Waals surface area contributed by atoms with Gasteiger partial charge in [0.05, 0.1) is 10.0 Å². The Morgan fingerprint density at radius 2 is 2.00 bits per heavy atom. The second kappa shape index (κ2) is 8.50. The van der Waals surface area contributed by atoms with Crippen LogP contribution in [0.1, 0.15) is 28.4 Å². The monoisotopic (exact) mass is 464 g/mol. The Kier molecular flexibility index (Phi) is 6.62. The molecule has 0 radical (unpaired) electrons. The van der Waals surface area contributed by atoms with Crippen LogP contribution in [0.5, 0.6) is 11.5 Å². The molecule has 25 heavy (non-hydrogen) atoms. The highest BCUT2D eigenvalue weighted by Crippen LogP contribution is 2.35. The highest BCUT2D eigenvalue weighted by molar-refractivity contribution is 9.11. The number of phenolic OH excluding ortho intramolecular Hbond substituents is 1. The Labute approximate surface area is 164 Å². The van der Waals surface area contributed by atoms with Crippen molar-refractivity contribution in [1.29, 1.82) is 0 Å². The fraction of sp³-hybridized carbons (Fsp3) is 0.150. The first kappa shape index (κ1) is 19.5. The lowest BCUT2D eigenvalue weighted by molar-refractivity contribution is 0.103. The number of carbonyl (C=O) groups is 1. The maximum atomic E-state index is 12.7. The number of hydrogen-bond acceptors (Lipinski definition) is 3. The van der Waals surface area contributed by atoms with Gasteiger partial charge in [-0.25, -0.2) is 0 Å². The summed E-state index contributed by atoms with van der Waals surface area (Å²) in [6, 6.07) is 8.72. The van der Waals surface area contributed by atoms with Crippen molar-refractivity contribution in [2.45, 2.75) is 13.8 Å². The third-order valence-electron chi connectivity index (χ3n) is 3.51. The molecular weight excluding hydrogens is 448 g/mol. The van der Waals surface area contributed by atoms with Crippen LogP contribution in [0, 0.1) is 6.92 Å². The minimum absolute atomic E-state index is 0.0260. The number of aromatic hydroxyl groups is 1. The van der Waals surface area contributed by atoms with E-state index in [0.29, 0.717) is 17.9 Å². The summed E-state index contributed by atoms with van der Waals surface area (Å²) in [5, 5.41) is 9.98. The summed E-state index contributed by atoms with van der Waals surface area (Å²) in [6.07, 6.45) is 3.41. The van der Waals surface area contributed by atoms with Gasteiger partial charge in [-0.2, -0.15) is 0 Å². The fourth-order valence-corrected chi connectivity index (χ4v) is 3.70. The van der Waals surface area contributed by atoms with Gasteiger partial charge in [0.2, 0.25) is 0 Å². The van der Waals surface area contributed by atoms with E-state index in [0.717, 1.165) is 20.1 Å². The van der Waals surface area contributed by atoms with Crippen LogP contribution in [0.3, 0.4) is 0 Å². The fourth-order valence-electron chi connectivity index (χ4n) is 2.32. The van der Waals surface area contributed by atoms with E-state index in [4.69, 9.17) is 4.74 Å². The number of Topliss-reactive ketones (excluding diaryl/α,β-unsaturated/α-hetero) is 1. The number of carbonyl (C=O) groups excluding carboxylic acids is 1. The number of allylic oxidation sites excluding steroid dienone is 1. The average molecular weight is 466 g/mol. The van der Waals surface area contributed by atoms with Crippen LogP contribution < -0.4 is 4.74 Å². The van der Waals surface area contributed by atoms with Gasteiger partial charge in [-0.15, -0.1) is 0 Å². The lowest BCUT2D eigenvalue weighted by Crippen LogP contribution is -2.02. The summed E-state index contributed by atoms with van der Waals surface area (Å²) in [7, 11) is 0. The molecule has 0 aliphatic heterocycles. The number of rotatable bonds is 6. The van der Waals surface area contributed by atoms with E-state index < -0.39 is 0 Å². The predicted octanol–water partition coefficient (Wildman–Crippen LogP) is 6.08. The van der Waals surface area contributed by atoms with E-state index in [1.165, 1.54) is 6.07 Å². The molecule has 0 amide bonds. The third kappa shape index (κ3) is 4.83. The minimum Gasteiger partial charge on any atom is -0.507 e. The standard InChI is InChI=1S/C20H18Br2O3/c1-4-7-25-20-14(10-15(21)11-17(20)22)9-13(3)19(24)16-8-12(2)5-6-18(16)23/h4-6,8-11,23H,1,7H2,2-3H3/b13-9+. The molecule has 0 unspecified atom stereocenters. The van der Waals surface area contributed by atoms with Gasteiger partial charge in [-0.05, 0) is 65.7 Å². The van der Waals surface area contributed by atoms with Gasteiger partial charge in [-0.1, -0.05) is 40.2 Å². The molecule has 0 aromatic heterocycles. The first-order valence-corrected chi connectivity index (χ1v) is 9.17. The molecule has 1 N–H and O–H groups in total. The molecule has 5 heteroatoms. The van der Waals surface area contributed by atoms with Crippen molar-refractivity contribution in [1.82, 2.24) is 0 Å². The van der Waals surface area contributed by atoms with Crippen molar-refractivity contribution in [3.05, 3.63) is 74.2 Å². The molecule has 0 aliphatic carbocycles. The molecule has 130 valence electrons. The Morgan fingerprint density at radius 1 is 1.28 bits per heavy atom. The zero-order valence-corrected chi connectivity index (χ0v) is 17.1. The quantitative estimate of drug-likeness (QED) is 0.319. The van der Waals surface area contributed by atoms with Gasteiger partial charge in [0.15, 0.2) is 5.78 Å². The second-order valence-electron chi connectivity index (χ2n) is 5.58. The van der Waals surface area contributed by atoms with Crippen molar-refractivity contribution in [3.8, 4) is 11.5 Å². The van der Waals surface area contributed by atoms with E-state index >= 15 is 0 Å². The van der Waals surface area contributed by atoms with Crippen molar-refractivity contribution in [3.63, 3.8) is 0 Å². The van der Waals surface area contributed by atoms with Gasteiger partial charge in [0.25, 0.3) is 0 Å². The van der Waals surface area contributed by atoms with Gasteiger partial charge >= 0.3 is 0 Å². The molecule has 0 saturated carbocycles. The van der Waals surface area contributed by atoms with Crippen molar-refractivity contribution in [2.75, 3.05) is 6.61 Å². The van der Waals surface area contributed by atoms with Gasteiger partial charge in [0, 0.05) is 10.0 Å². The lowest BCUT2D eigenvalue weighted by atomic mass is 9.99. The van der Waals surface area contributed by atoms with Gasteiger partial charge in [0.1, 0.15) is 18.1 Å². The van der Waals surface area contributed by atoms with Gasteiger partial charge < -0.3 is 9.84 Å². The smallest absolute Gasteiger partial charge is 0.192 e. The van der Waals surface area contributed by atoms with Crippen molar-refractivity contribution >= 4 is 43.7 Å². The zero-order chi connectivity index (χ0) is 18.6. The second-order valence-corrected chi connectivity index (χ2v) is 7.35. The van der Waals surface area contributed by atoms with Crippen molar-refractivity contribution < 1.29 is 14.6 Å². The molecular formula is C20H18Br2O3.